The highest BCUT2D eigenvalue weighted by molar-refractivity contribution is 7.14. The maximum atomic E-state index is 12.2. The topological polar surface area (TPSA) is 17.1 Å². The van der Waals surface area contributed by atoms with Crippen molar-refractivity contribution in [1.29, 1.82) is 0 Å². The van der Waals surface area contributed by atoms with Gasteiger partial charge in [0.1, 0.15) is 0 Å². The lowest BCUT2D eigenvalue weighted by molar-refractivity contribution is 0.0962. The molecule has 17 heavy (non-hydrogen) atoms. The first-order valence-electron chi connectivity index (χ1n) is 6.89. The van der Waals surface area contributed by atoms with Gasteiger partial charge in [-0.25, -0.2) is 0 Å². The average Bonchev–Trinajstić information content (AvgIpc) is 2.79. The van der Waals surface area contributed by atoms with Gasteiger partial charge in [0.25, 0.3) is 0 Å². The van der Waals surface area contributed by atoms with Crippen LogP contribution in [0.3, 0.4) is 0 Å². The Morgan fingerprint density at radius 2 is 2.00 bits per heavy atom. The van der Waals surface area contributed by atoms with Crippen molar-refractivity contribution < 1.29 is 4.79 Å². The minimum atomic E-state index is 0.373. The zero-order chi connectivity index (χ0) is 12.3. The molecular weight excluding hydrogens is 228 g/mol. The van der Waals surface area contributed by atoms with Gasteiger partial charge in [0.15, 0.2) is 5.78 Å². The summed E-state index contributed by atoms with van der Waals surface area (Å²) in [7, 11) is 0. The van der Waals surface area contributed by atoms with Gasteiger partial charge >= 0.3 is 0 Å². The van der Waals surface area contributed by atoms with Gasteiger partial charge in [-0.3, -0.25) is 4.79 Å². The Bertz CT molecular complexity index is 364. The van der Waals surface area contributed by atoms with Crippen LogP contribution in [0.25, 0.3) is 0 Å². The van der Waals surface area contributed by atoms with Gasteiger partial charge in [-0.05, 0) is 43.2 Å². The Morgan fingerprint density at radius 3 is 2.65 bits per heavy atom. The van der Waals surface area contributed by atoms with Crippen LogP contribution >= 0.6 is 11.3 Å². The van der Waals surface area contributed by atoms with Crippen LogP contribution < -0.4 is 0 Å². The number of rotatable bonds is 5. The lowest BCUT2D eigenvalue weighted by atomic mass is 9.95. The van der Waals surface area contributed by atoms with Crippen molar-refractivity contribution in [2.24, 2.45) is 5.92 Å². The molecule has 0 amide bonds. The molecule has 1 heterocycles. The molecule has 0 saturated heterocycles. The molecule has 0 spiro atoms. The molecule has 1 aromatic heterocycles. The number of ketones is 1. The molecule has 1 aliphatic carbocycles. The fourth-order valence-corrected chi connectivity index (χ4v) is 3.77. The van der Waals surface area contributed by atoms with Gasteiger partial charge in [-0.15, -0.1) is 11.3 Å². The highest BCUT2D eigenvalue weighted by atomic mass is 32.1. The summed E-state index contributed by atoms with van der Waals surface area (Å²) in [5.41, 5.74) is 1.45. The third kappa shape index (κ3) is 2.98. The predicted octanol–water partition coefficient (Wildman–Crippen LogP) is 4.64. The number of carbonyl (C=O) groups excluding carboxylic acids is 1. The first kappa shape index (κ1) is 12.8. The molecule has 0 atom stereocenters. The van der Waals surface area contributed by atoms with Gasteiger partial charge < -0.3 is 0 Å². The third-order valence-corrected chi connectivity index (χ3v) is 5.18. The average molecular weight is 250 g/mol. The van der Waals surface area contributed by atoms with E-state index in [9.17, 15) is 4.79 Å². The van der Waals surface area contributed by atoms with E-state index in [1.807, 2.05) is 0 Å². The normalized spacial score (nSPS) is 15.0. The molecule has 2 heteroatoms. The van der Waals surface area contributed by atoms with Gasteiger partial charge in [-0.1, -0.05) is 26.7 Å². The fraction of sp³-hybridized carbons (Fsp3) is 0.667. The standard InChI is InChI=1S/C15H22OS/c1-3-11(4-2)9-13(16)15-10-12-7-5-6-8-14(12)17-15/h10-11H,3-9H2,1-2H3. The molecule has 0 aromatic carbocycles. The van der Waals surface area contributed by atoms with Gasteiger partial charge in [0.05, 0.1) is 4.88 Å². The molecule has 2 rings (SSSR count). The van der Waals surface area contributed by atoms with Crippen LogP contribution in [-0.2, 0) is 12.8 Å². The fourth-order valence-electron chi connectivity index (χ4n) is 2.57. The molecule has 0 radical (unpaired) electrons. The minimum Gasteiger partial charge on any atom is -0.293 e. The summed E-state index contributed by atoms with van der Waals surface area (Å²) in [6.45, 7) is 4.36. The quantitative estimate of drug-likeness (QED) is 0.696. The van der Waals surface area contributed by atoms with Crippen LogP contribution in [0.1, 0.15) is 66.1 Å². The number of thiophene rings is 1. The van der Waals surface area contributed by atoms with E-state index in [2.05, 4.69) is 19.9 Å². The molecule has 0 fully saturated rings. The molecule has 0 saturated carbocycles. The zero-order valence-electron chi connectivity index (χ0n) is 10.9. The molecule has 1 nitrogen and oxygen atoms in total. The lowest BCUT2D eigenvalue weighted by Gasteiger charge is -2.09. The summed E-state index contributed by atoms with van der Waals surface area (Å²) in [6, 6.07) is 2.17. The van der Waals surface area contributed by atoms with Gasteiger partial charge in [-0.2, -0.15) is 0 Å². The van der Waals surface area contributed by atoms with Crippen LogP contribution in [0.2, 0.25) is 0 Å². The van der Waals surface area contributed by atoms with E-state index in [1.165, 1.54) is 36.1 Å². The molecule has 94 valence electrons. The predicted molar refractivity (Wildman–Crippen MR) is 74.0 cm³/mol. The smallest absolute Gasteiger partial charge is 0.173 e. The summed E-state index contributed by atoms with van der Waals surface area (Å²) in [4.78, 5) is 14.7. The second-order valence-corrected chi connectivity index (χ2v) is 6.21. The van der Waals surface area contributed by atoms with E-state index in [0.717, 1.165) is 24.1 Å². The van der Waals surface area contributed by atoms with E-state index in [0.29, 0.717) is 11.7 Å². The summed E-state index contributed by atoms with van der Waals surface area (Å²) in [5.74, 6) is 0.944. The number of carbonyl (C=O) groups is 1. The Morgan fingerprint density at radius 1 is 1.29 bits per heavy atom. The highest BCUT2D eigenvalue weighted by Gasteiger charge is 2.18. The van der Waals surface area contributed by atoms with Crippen molar-refractivity contribution >= 4 is 17.1 Å². The summed E-state index contributed by atoms with van der Waals surface area (Å²) in [5, 5.41) is 0. The zero-order valence-corrected chi connectivity index (χ0v) is 11.7. The highest BCUT2D eigenvalue weighted by Crippen LogP contribution is 2.31. The molecule has 1 aromatic rings. The Balaban J connectivity index is 2.06. The number of hydrogen-bond donors (Lipinski definition) is 0. The summed E-state index contributed by atoms with van der Waals surface area (Å²) < 4.78 is 0. The summed E-state index contributed by atoms with van der Waals surface area (Å²) in [6.07, 6.45) is 7.95. The number of hydrogen-bond acceptors (Lipinski definition) is 2. The van der Waals surface area contributed by atoms with E-state index in [4.69, 9.17) is 0 Å². The Labute approximate surface area is 108 Å². The van der Waals surface area contributed by atoms with Crippen LogP contribution in [0.5, 0.6) is 0 Å². The van der Waals surface area contributed by atoms with Crippen molar-refractivity contribution in [2.75, 3.05) is 0 Å². The van der Waals surface area contributed by atoms with E-state index >= 15 is 0 Å². The third-order valence-electron chi connectivity index (χ3n) is 3.90. The number of aryl methyl sites for hydroxylation is 2. The van der Waals surface area contributed by atoms with Gasteiger partial charge in [0, 0.05) is 11.3 Å². The largest absolute Gasteiger partial charge is 0.293 e. The maximum Gasteiger partial charge on any atom is 0.173 e. The van der Waals surface area contributed by atoms with E-state index in [-0.39, 0.29) is 0 Å². The van der Waals surface area contributed by atoms with Crippen LogP contribution in [0.15, 0.2) is 6.07 Å². The van der Waals surface area contributed by atoms with E-state index < -0.39 is 0 Å². The second-order valence-electron chi connectivity index (χ2n) is 5.08. The van der Waals surface area contributed by atoms with Crippen molar-refractivity contribution in [1.82, 2.24) is 0 Å². The molecule has 0 aliphatic heterocycles. The van der Waals surface area contributed by atoms with Crippen LogP contribution in [0.4, 0.5) is 0 Å². The Hall–Kier alpha value is -0.630. The molecule has 1 aliphatic rings. The van der Waals surface area contributed by atoms with Crippen molar-refractivity contribution in [3.8, 4) is 0 Å². The summed E-state index contributed by atoms with van der Waals surface area (Å²) >= 11 is 1.76. The van der Waals surface area contributed by atoms with Crippen LogP contribution in [0, 0.1) is 5.92 Å². The van der Waals surface area contributed by atoms with Crippen molar-refractivity contribution in [2.45, 2.75) is 58.8 Å². The first-order valence-corrected chi connectivity index (χ1v) is 7.71. The van der Waals surface area contributed by atoms with E-state index in [1.54, 1.807) is 11.3 Å². The monoisotopic (exact) mass is 250 g/mol. The van der Waals surface area contributed by atoms with Crippen LogP contribution in [-0.4, -0.2) is 5.78 Å². The van der Waals surface area contributed by atoms with Crippen molar-refractivity contribution in [3.63, 3.8) is 0 Å². The molecule has 0 unspecified atom stereocenters. The minimum absolute atomic E-state index is 0.373. The first-order chi connectivity index (χ1) is 8.24. The SMILES string of the molecule is CCC(CC)CC(=O)c1cc2c(s1)CCCC2. The number of Topliss-reactive ketones (excluding diaryl/α,β-unsaturated/α-hetero) is 1. The molecular formula is C15H22OS. The maximum absolute atomic E-state index is 12.2. The molecule has 0 bridgehead atoms. The van der Waals surface area contributed by atoms with Gasteiger partial charge in [0.2, 0.25) is 0 Å². The van der Waals surface area contributed by atoms with Crippen molar-refractivity contribution in [3.05, 3.63) is 21.4 Å². The number of fused-ring (bicyclic) bond motifs is 1. The lowest BCUT2D eigenvalue weighted by Crippen LogP contribution is -2.05. The Kier molecular flexibility index (Phi) is 4.38. The second kappa shape index (κ2) is 5.81. The molecule has 0 N–H and O–H groups in total.